The summed E-state index contributed by atoms with van der Waals surface area (Å²) >= 11 is 0. The van der Waals surface area contributed by atoms with Crippen LogP contribution >= 0.6 is 0 Å². The molecule has 1 saturated heterocycles. The van der Waals surface area contributed by atoms with E-state index in [4.69, 9.17) is 0 Å². The molecule has 39 heavy (non-hydrogen) atoms. The normalized spacial score (nSPS) is 18.2. The lowest BCUT2D eigenvalue weighted by Crippen LogP contribution is -2.45. The van der Waals surface area contributed by atoms with Crippen molar-refractivity contribution in [1.82, 2.24) is 14.6 Å². The minimum atomic E-state index is -4.81. The summed E-state index contributed by atoms with van der Waals surface area (Å²) < 4.78 is 95.7. The van der Waals surface area contributed by atoms with E-state index in [1.54, 1.807) is 12.3 Å². The Morgan fingerprint density at radius 2 is 1.79 bits per heavy atom. The van der Waals surface area contributed by atoms with Crippen LogP contribution in [0.25, 0.3) is 11.1 Å². The molecule has 208 valence electrons. The molecule has 13 heteroatoms. The summed E-state index contributed by atoms with van der Waals surface area (Å²) in [4.78, 5) is 17.0. The van der Waals surface area contributed by atoms with Gasteiger partial charge in [0.05, 0.1) is 17.1 Å². The number of alkyl halides is 4. The number of aryl methyl sites for hydroxylation is 1. The van der Waals surface area contributed by atoms with Crippen molar-refractivity contribution in [2.24, 2.45) is 0 Å². The van der Waals surface area contributed by atoms with Crippen LogP contribution in [0.15, 0.2) is 65.7 Å². The minimum absolute atomic E-state index is 0.108. The maximum atomic E-state index is 14.3. The minimum Gasteiger partial charge on any atom is -0.406 e. The first-order chi connectivity index (χ1) is 18.4. The molecular weight excluding hydrogens is 545 g/mol. The van der Waals surface area contributed by atoms with Gasteiger partial charge < -0.3 is 10.1 Å². The third kappa shape index (κ3) is 6.71. The first kappa shape index (κ1) is 28.4. The molecule has 0 unspecified atom stereocenters. The second kappa shape index (κ2) is 11.3. The van der Waals surface area contributed by atoms with Crippen LogP contribution in [0.1, 0.15) is 24.6 Å². The Labute approximate surface area is 221 Å². The van der Waals surface area contributed by atoms with Crippen LogP contribution < -0.4 is 10.1 Å². The molecule has 1 N–H and O–H groups in total. The zero-order valence-electron chi connectivity index (χ0n) is 20.6. The molecule has 1 aromatic heterocycles. The monoisotopic (exact) mass is 569 g/mol. The van der Waals surface area contributed by atoms with Crippen molar-refractivity contribution in [2.75, 3.05) is 6.54 Å². The van der Waals surface area contributed by atoms with Gasteiger partial charge in [0.15, 0.2) is 0 Å². The van der Waals surface area contributed by atoms with Crippen LogP contribution in [-0.4, -0.2) is 48.7 Å². The molecular formula is C26H24F5N3O4S. The summed E-state index contributed by atoms with van der Waals surface area (Å²) in [5.74, 6) is -1.73. The van der Waals surface area contributed by atoms with E-state index in [2.05, 4.69) is 15.0 Å². The zero-order valence-corrected chi connectivity index (χ0v) is 21.4. The van der Waals surface area contributed by atoms with Crippen molar-refractivity contribution in [1.29, 1.82) is 0 Å². The number of carbonyl (C=O) groups is 1. The van der Waals surface area contributed by atoms with Gasteiger partial charge in [0.1, 0.15) is 23.8 Å². The van der Waals surface area contributed by atoms with Gasteiger partial charge in [-0.1, -0.05) is 19.1 Å². The molecule has 0 radical (unpaired) electrons. The van der Waals surface area contributed by atoms with Gasteiger partial charge in [-0.05, 0) is 65.6 Å². The standard InChI is InChI=1S/C26H24F5N3O4S/c1-2-16-13-32-20(12-23(16)17-3-7-21(8-4-17)38-26(29,30)31)14-33-25(35)24-11-19(28)15-34(24)39(36,37)22-9-5-18(27)6-10-22/h3-10,12-13,19,24H,2,11,14-15H2,1H3,(H,33,35)/t19-,24+/m1/s1. The van der Waals surface area contributed by atoms with Crippen LogP contribution in [0.4, 0.5) is 22.0 Å². The van der Waals surface area contributed by atoms with E-state index < -0.39 is 46.9 Å². The highest BCUT2D eigenvalue weighted by Gasteiger charge is 2.44. The van der Waals surface area contributed by atoms with Gasteiger partial charge in [0, 0.05) is 19.2 Å². The summed E-state index contributed by atoms with van der Waals surface area (Å²) in [6, 6.07) is 9.69. The number of ether oxygens (including phenoxy) is 1. The van der Waals surface area contributed by atoms with Crippen LogP contribution in [0.5, 0.6) is 5.75 Å². The first-order valence-electron chi connectivity index (χ1n) is 11.9. The Morgan fingerprint density at radius 1 is 1.13 bits per heavy atom. The SMILES string of the molecule is CCc1cnc(CNC(=O)[C@@H]2C[C@@H](F)CN2S(=O)(=O)c2ccc(F)cc2)cc1-c1ccc(OC(F)(F)F)cc1. The molecule has 4 rings (SSSR count). The number of nitrogens with zero attached hydrogens (tertiary/aromatic N) is 2. The number of sulfonamides is 1. The Kier molecular flexibility index (Phi) is 8.21. The maximum absolute atomic E-state index is 14.3. The molecule has 1 fully saturated rings. The van der Waals surface area contributed by atoms with Crippen LogP contribution in [-0.2, 0) is 27.8 Å². The van der Waals surface area contributed by atoms with E-state index in [1.807, 2.05) is 6.92 Å². The molecule has 7 nitrogen and oxygen atoms in total. The van der Waals surface area contributed by atoms with Crippen molar-refractivity contribution in [2.45, 2.75) is 49.8 Å². The number of amides is 1. The van der Waals surface area contributed by atoms with Gasteiger partial charge >= 0.3 is 6.36 Å². The number of hydrogen-bond donors (Lipinski definition) is 1. The fraction of sp³-hybridized carbons (Fsp3) is 0.308. The molecule has 3 aromatic rings. The average molecular weight is 570 g/mol. The Hall–Kier alpha value is -3.58. The highest BCUT2D eigenvalue weighted by atomic mass is 32.2. The van der Waals surface area contributed by atoms with Gasteiger partial charge in [-0.3, -0.25) is 9.78 Å². The lowest BCUT2D eigenvalue weighted by atomic mass is 9.99. The molecule has 2 aromatic carbocycles. The van der Waals surface area contributed by atoms with Crippen molar-refractivity contribution in [3.8, 4) is 16.9 Å². The number of carbonyl (C=O) groups excluding carboxylic acids is 1. The van der Waals surface area contributed by atoms with Crippen molar-refractivity contribution in [3.05, 3.63) is 77.9 Å². The number of halogens is 5. The van der Waals surface area contributed by atoms with E-state index in [0.717, 1.165) is 34.1 Å². The first-order valence-corrected chi connectivity index (χ1v) is 13.3. The molecule has 1 amide bonds. The van der Waals surface area contributed by atoms with Crippen molar-refractivity contribution < 1.29 is 39.9 Å². The van der Waals surface area contributed by atoms with Gasteiger partial charge in [-0.2, -0.15) is 4.31 Å². The van der Waals surface area contributed by atoms with Gasteiger partial charge in [-0.25, -0.2) is 17.2 Å². The highest BCUT2D eigenvalue weighted by molar-refractivity contribution is 7.89. The Balaban J connectivity index is 1.50. The van der Waals surface area contributed by atoms with E-state index >= 15 is 0 Å². The predicted molar refractivity (Wildman–Crippen MR) is 131 cm³/mol. The quantitative estimate of drug-likeness (QED) is 0.395. The lowest BCUT2D eigenvalue weighted by molar-refractivity contribution is -0.274. The molecule has 2 heterocycles. The van der Waals surface area contributed by atoms with Gasteiger partial charge in [0.2, 0.25) is 15.9 Å². The summed E-state index contributed by atoms with van der Waals surface area (Å²) in [6.07, 6.45) is -4.56. The number of nitrogens with one attached hydrogen (secondary N) is 1. The largest absolute Gasteiger partial charge is 0.573 e. The predicted octanol–water partition coefficient (Wildman–Crippen LogP) is 4.77. The second-order valence-electron chi connectivity index (χ2n) is 8.85. The average Bonchev–Trinajstić information content (AvgIpc) is 3.29. The van der Waals surface area contributed by atoms with Crippen LogP contribution in [0, 0.1) is 5.82 Å². The number of rotatable bonds is 8. The van der Waals surface area contributed by atoms with Gasteiger partial charge in [-0.15, -0.1) is 13.2 Å². The summed E-state index contributed by atoms with van der Waals surface area (Å²) in [5.41, 5.74) is 2.49. The molecule has 1 aliphatic rings. The molecule has 0 aliphatic carbocycles. The molecule has 0 spiro atoms. The maximum Gasteiger partial charge on any atom is 0.573 e. The number of hydrogen-bond acceptors (Lipinski definition) is 5. The number of benzene rings is 2. The van der Waals surface area contributed by atoms with E-state index in [1.165, 1.54) is 24.3 Å². The van der Waals surface area contributed by atoms with Crippen LogP contribution in [0.3, 0.4) is 0 Å². The topological polar surface area (TPSA) is 88.6 Å². The number of aromatic nitrogens is 1. The second-order valence-corrected chi connectivity index (χ2v) is 10.7. The highest BCUT2D eigenvalue weighted by Crippen LogP contribution is 2.30. The third-order valence-electron chi connectivity index (χ3n) is 6.19. The Bertz CT molecular complexity index is 1430. The van der Waals surface area contributed by atoms with E-state index in [9.17, 15) is 35.2 Å². The molecule has 2 atom stereocenters. The van der Waals surface area contributed by atoms with Crippen LogP contribution in [0.2, 0.25) is 0 Å². The Morgan fingerprint density at radius 3 is 2.41 bits per heavy atom. The number of pyridine rings is 1. The van der Waals surface area contributed by atoms with Crippen molar-refractivity contribution in [3.63, 3.8) is 0 Å². The van der Waals surface area contributed by atoms with Crippen molar-refractivity contribution >= 4 is 15.9 Å². The third-order valence-corrected chi connectivity index (χ3v) is 8.08. The zero-order chi connectivity index (χ0) is 28.4. The summed E-state index contributed by atoms with van der Waals surface area (Å²) in [7, 11) is -4.26. The molecule has 1 aliphatic heterocycles. The summed E-state index contributed by atoms with van der Waals surface area (Å²) in [5, 5.41) is 2.60. The summed E-state index contributed by atoms with van der Waals surface area (Å²) in [6.45, 7) is 1.26. The van der Waals surface area contributed by atoms with E-state index in [0.29, 0.717) is 23.2 Å². The smallest absolute Gasteiger partial charge is 0.406 e. The molecule has 0 bridgehead atoms. The molecule has 0 saturated carbocycles. The fourth-order valence-electron chi connectivity index (χ4n) is 4.31. The lowest BCUT2D eigenvalue weighted by Gasteiger charge is -2.23. The van der Waals surface area contributed by atoms with Gasteiger partial charge in [0.25, 0.3) is 0 Å². The van der Waals surface area contributed by atoms with E-state index in [-0.39, 0.29) is 23.6 Å². The fourth-order valence-corrected chi connectivity index (χ4v) is 5.93.